The van der Waals surface area contributed by atoms with Gasteiger partial charge in [0.15, 0.2) is 0 Å². The van der Waals surface area contributed by atoms with E-state index in [1.807, 2.05) is 12.1 Å². The van der Waals surface area contributed by atoms with Gasteiger partial charge in [-0.2, -0.15) is 0 Å². The lowest BCUT2D eigenvalue weighted by atomic mass is 10.0. The lowest BCUT2D eigenvalue weighted by Crippen LogP contribution is -2.18. The summed E-state index contributed by atoms with van der Waals surface area (Å²) < 4.78 is 10.5. The van der Waals surface area contributed by atoms with Crippen molar-refractivity contribution in [3.8, 4) is 0 Å². The molecule has 2 amide bonds. The second kappa shape index (κ2) is 23.7. The Hall–Kier alpha value is -2.45. The quantitative estimate of drug-likeness (QED) is 0.117. The molecule has 0 spiro atoms. The summed E-state index contributed by atoms with van der Waals surface area (Å²) in [4.78, 5) is 35.1. The molecule has 0 aromatic heterocycles. The predicted octanol–water partition coefficient (Wildman–Crippen LogP) is 6.94. The second-order valence-corrected chi connectivity index (χ2v) is 9.75. The molecule has 216 valence electrons. The van der Waals surface area contributed by atoms with E-state index in [-0.39, 0.29) is 44.5 Å². The molecule has 1 rings (SSSR count). The van der Waals surface area contributed by atoms with Crippen molar-refractivity contribution in [2.75, 3.05) is 37.1 Å². The van der Waals surface area contributed by atoms with Crippen molar-refractivity contribution < 1.29 is 29.0 Å². The SMILES string of the molecule is CCCCCCCCCCCCCCCC(=O)Nc1ccccc1NC(=O)CCOCCOCCC(=O)O. The van der Waals surface area contributed by atoms with Crippen LogP contribution >= 0.6 is 0 Å². The number of nitrogens with one attached hydrogen (secondary N) is 2. The lowest BCUT2D eigenvalue weighted by molar-refractivity contribution is -0.138. The first-order valence-electron chi connectivity index (χ1n) is 14.6. The number of unbranched alkanes of at least 4 members (excludes halogenated alkanes) is 12. The van der Waals surface area contributed by atoms with E-state index in [9.17, 15) is 14.4 Å². The zero-order valence-corrected chi connectivity index (χ0v) is 23.4. The topological polar surface area (TPSA) is 114 Å². The van der Waals surface area contributed by atoms with E-state index in [0.29, 0.717) is 24.4 Å². The maximum absolute atomic E-state index is 12.4. The van der Waals surface area contributed by atoms with E-state index in [2.05, 4.69) is 17.6 Å². The molecule has 0 atom stereocenters. The molecular weight excluding hydrogens is 484 g/mol. The molecule has 0 saturated carbocycles. The van der Waals surface area contributed by atoms with Gasteiger partial charge in [-0.25, -0.2) is 0 Å². The minimum atomic E-state index is -0.904. The predicted molar refractivity (Wildman–Crippen MR) is 153 cm³/mol. The Morgan fingerprint density at radius 2 is 1.03 bits per heavy atom. The van der Waals surface area contributed by atoms with Crippen molar-refractivity contribution in [2.24, 2.45) is 0 Å². The second-order valence-electron chi connectivity index (χ2n) is 9.75. The number of carboxylic acid groups (broad SMARTS) is 1. The van der Waals surface area contributed by atoms with Crippen LogP contribution in [0.3, 0.4) is 0 Å². The minimum absolute atomic E-state index is 0.0407. The first-order valence-corrected chi connectivity index (χ1v) is 14.6. The molecule has 0 saturated heterocycles. The summed E-state index contributed by atoms with van der Waals surface area (Å²) in [5.41, 5.74) is 1.15. The molecule has 38 heavy (non-hydrogen) atoms. The third-order valence-electron chi connectivity index (χ3n) is 6.29. The number of carboxylic acids is 1. The van der Waals surface area contributed by atoms with Crippen molar-refractivity contribution in [3.05, 3.63) is 24.3 Å². The summed E-state index contributed by atoms with van der Waals surface area (Å²) in [6.45, 7) is 3.19. The average Bonchev–Trinajstić information content (AvgIpc) is 2.89. The summed E-state index contributed by atoms with van der Waals surface area (Å²) in [6, 6.07) is 7.17. The molecule has 0 unspecified atom stereocenters. The van der Waals surface area contributed by atoms with Gasteiger partial charge in [0.05, 0.1) is 50.6 Å². The molecule has 0 bridgehead atoms. The van der Waals surface area contributed by atoms with E-state index in [4.69, 9.17) is 14.6 Å². The van der Waals surface area contributed by atoms with Crippen LogP contribution in [0.5, 0.6) is 0 Å². The smallest absolute Gasteiger partial charge is 0.305 e. The summed E-state index contributed by atoms with van der Waals surface area (Å²) in [5.74, 6) is -1.16. The molecule has 8 nitrogen and oxygen atoms in total. The Balaban J connectivity index is 2.11. The van der Waals surface area contributed by atoms with Gasteiger partial charge >= 0.3 is 5.97 Å². The van der Waals surface area contributed by atoms with Crippen LogP contribution in [-0.4, -0.2) is 49.3 Å². The number of para-hydroxylation sites is 2. The normalized spacial score (nSPS) is 10.9. The van der Waals surface area contributed by atoms with Crippen LogP contribution in [0.1, 0.15) is 110 Å². The third-order valence-corrected chi connectivity index (χ3v) is 6.29. The highest BCUT2D eigenvalue weighted by Gasteiger charge is 2.09. The summed E-state index contributed by atoms with van der Waals surface area (Å²) in [6.07, 6.45) is 17.1. The number of benzene rings is 1. The molecule has 1 aromatic carbocycles. The van der Waals surface area contributed by atoms with Crippen molar-refractivity contribution >= 4 is 29.2 Å². The Kier molecular flexibility index (Phi) is 20.9. The zero-order valence-electron chi connectivity index (χ0n) is 23.4. The molecule has 0 aliphatic heterocycles. The number of aliphatic carboxylic acids is 1. The van der Waals surface area contributed by atoms with Gasteiger partial charge in [-0.15, -0.1) is 0 Å². The van der Waals surface area contributed by atoms with E-state index in [1.165, 1.54) is 70.6 Å². The van der Waals surface area contributed by atoms with E-state index in [1.54, 1.807) is 12.1 Å². The van der Waals surface area contributed by atoms with Crippen LogP contribution in [-0.2, 0) is 23.9 Å². The number of hydrogen-bond donors (Lipinski definition) is 3. The Morgan fingerprint density at radius 3 is 1.50 bits per heavy atom. The van der Waals surface area contributed by atoms with Crippen molar-refractivity contribution in [2.45, 2.75) is 110 Å². The molecule has 0 fully saturated rings. The summed E-state index contributed by atoms with van der Waals surface area (Å²) >= 11 is 0. The monoisotopic (exact) mass is 534 g/mol. The van der Waals surface area contributed by atoms with Crippen LogP contribution < -0.4 is 10.6 Å². The number of rotatable bonds is 25. The highest BCUT2D eigenvalue weighted by molar-refractivity contribution is 5.99. The standard InChI is InChI=1S/C30H50N2O6/c1-2-3-4-5-6-7-8-9-10-11-12-13-14-19-28(33)31-26-17-15-16-18-27(26)32-29(34)20-22-37-24-25-38-23-21-30(35)36/h15-18H,2-14,19-25H2,1H3,(H,31,33)(H,32,34)(H,35,36). The molecule has 3 N–H and O–H groups in total. The van der Waals surface area contributed by atoms with E-state index >= 15 is 0 Å². The van der Waals surface area contributed by atoms with Crippen molar-refractivity contribution in [1.82, 2.24) is 0 Å². The molecular formula is C30H50N2O6. The number of amides is 2. The first kappa shape index (κ1) is 33.6. The first-order chi connectivity index (χ1) is 18.5. The van der Waals surface area contributed by atoms with Crippen LogP contribution in [0.2, 0.25) is 0 Å². The van der Waals surface area contributed by atoms with Crippen molar-refractivity contribution in [3.63, 3.8) is 0 Å². The lowest BCUT2D eigenvalue weighted by Gasteiger charge is -2.12. The van der Waals surface area contributed by atoms with E-state index < -0.39 is 5.97 Å². The Morgan fingerprint density at radius 1 is 0.605 bits per heavy atom. The molecule has 0 heterocycles. The average molecular weight is 535 g/mol. The van der Waals surface area contributed by atoms with Gasteiger partial charge in [-0.1, -0.05) is 96.1 Å². The fourth-order valence-electron chi connectivity index (χ4n) is 4.08. The molecule has 0 aliphatic carbocycles. The number of carbonyl (C=O) groups excluding carboxylic acids is 2. The highest BCUT2D eigenvalue weighted by Crippen LogP contribution is 2.22. The van der Waals surface area contributed by atoms with Crippen LogP contribution in [0, 0.1) is 0 Å². The van der Waals surface area contributed by atoms with Gasteiger partial charge in [0.25, 0.3) is 0 Å². The zero-order chi connectivity index (χ0) is 27.7. The Labute approximate surface area is 229 Å². The summed E-state index contributed by atoms with van der Waals surface area (Å²) in [7, 11) is 0. The van der Waals surface area contributed by atoms with Gasteiger partial charge in [-0.3, -0.25) is 14.4 Å². The van der Waals surface area contributed by atoms with Gasteiger partial charge in [0.1, 0.15) is 0 Å². The fourth-order valence-corrected chi connectivity index (χ4v) is 4.08. The van der Waals surface area contributed by atoms with Gasteiger partial charge < -0.3 is 25.2 Å². The van der Waals surface area contributed by atoms with Crippen LogP contribution in [0.4, 0.5) is 11.4 Å². The number of anilines is 2. The molecule has 8 heteroatoms. The largest absolute Gasteiger partial charge is 0.481 e. The highest BCUT2D eigenvalue weighted by atomic mass is 16.5. The molecule has 0 radical (unpaired) electrons. The maximum atomic E-state index is 12.4. The van der Waals surface area contributed by atoms with E-state index in [0.717, 1.165) is 12.8 Å². The van der Waals surface area contributed by atoms with Gasteiger partial charge in [-0.05, 0) is 18.6 Å². The van der Waals surface area contributed by atoms with Crippen LogP contribution in [0.25, 0.3) is 0 Å². The third kappa shape index (κ3) is 19.6. The van der Waals surface area contributed by atoms with Crippen LogP contribution in [0.15, 0.2) is 24.3 Å². The number of hydrogen-bond acceptors (Lipinski definition) is 5. The number of ether oxygens (including phenoxy) is 2. The van der Waals surface area contributed by atoms with Crippen molar-refractivity contribution in [1.29, 1.82) is 0 Å². The van der Waals surface area contributed by atoms with Gasteiger partial charge in [0, 0.05) is 6.42 Å². The molecule has 0 aliphatic rings. The minimum Gasteiger partial charge on any atom is -0.481 e. The number of carbonyl (C=O) groups is 3. The Bertz CT molecular complexity index is 771. The molecule has 1 aromatic rings. The fraction of sp³-hybridized carbons (Fsp3) is 0.700. The van der Waals surface area contributed by atoms with Gasteiger partial charge in [0.2, 0.25) is 11.8 Å². The maximum Gasteiger partial charge on any atom is 0.305 e. The summed E-state index contributed by atoms with van der Waals surface area (Å²) in [5, 5.41) is 14.3.